The summed E-state index contributed by atoms with van der Waals surface area (Å²) in [5, 5.41) is 8.62. The van der Waals surface area contributed by atoms with Crippen molar-refractivity contribution in [2.24, 2.45) is 0 Å². The van der Waals surface area contributed by atoms with Gasteiger partial charge in [-0.2, -0.15) is 5.26 Å². The maximum absolute atomic E-state index is 14.0. The Morgan fingerprint density at radius 1 is 1.08 bits per heavy atom. The topological polar surface area (TPSA) is 85.8 Å². The number of benzene rings is 2. The molecule has 3 rings (SSSR count). The number of nitriles is 1. The van der Waals surface area contributed by atoms with Gasteiger partial charge in [0.25, 0.3) is 10.0 Å². The Bertz CT molecular complexity index is 1100. The van der Waals surface area contributed by atoms with Crippen LogP contribution in [0.25, 0.3) is 11.3 Å². The Balaban J connectivity index is 1.88. The average molecular weight is 373 g/mol. The number of halogens is 2. The maximum atomic E-state index is 14.0. The Labute approximate surface area is 149 Å². The van der Waals surface area contributed by atoms with Crippen molar-refractivity contribution in [3.8, 4) is 17.3 Å². The van der Waals surface area contributed by atoms with Crippen molar-refractivity contribution < 1.29 is 17.2 Å². The van der Waals surface area contributed by atoms with Gasteiger partial charge in [0.2, 0.25) is 0 Å². The second-order valence-electron chi connectivity index (χ2n) is 5.48. The van der Waals surface area contributed by atoms with E-state index in [9.17, 15) is 17.2 Å². The molecule has 0 unspecified atom stereocenters. The lowest BCUT2D eigenvalue weighted by Gasteiger charge is -2.08. The van der Waals surface area contributed by atoms with Crippen molar-refractivity contribution in [2.75, 3.05) is 4.72 Å². The molecule has 0 aliphatic carbocycles. The summed E-state index contributed by atoms with van der Waals surface area (Å²) in [6.45, 7) is 0. The Morgan fingerprint density at radius 2 is 1.85 bits per heavy atom. The fraction of sp³-hybridized carbons (Fsp3) is 0.0556. The average Bonchev–Trinajstić information content (AvgIpc) is 3.09. The molecular formula is C18H13F2N3O2S. The normalized spacial score (nSPS) is 11.1. The summed E-state index contributed by atoms with van der Waals surface area (Å²) in [5.41, 5.74) is 0.714. The molecule has 2 aromatic carbocycles. The van der Waals surface area contributed by atoms with Crippen LogP contribution in [0.1, 0.15) is 5.56 Å². The quantitative estimate of drug-likeness (QED) is 0.713. The van der Waals surface area contributed by atoms with E-state index in [0.717, 1.165) is 6.07 Å². The number of aromatic nitrogens is 1. The molecule has 0 fully saturated rings. The number of nitrogens with zero attached hydrogens (tertiary/aromatic N) is 1. The summed E-state index contributed by atoms with van der Waals surface area (Å²) in [5.74, 6) is -1.28. The van der Waals surface area contributed by atoms with Crippen LogP contribution in [0, 0.1) is 23.0 Å². The molecule has 1 heterocycles. The lowest BCUT2D eigenvalue weighted by Crippen LogP contribution is -2.13. The molecule has 0 aliphatic rings. The lowest BCUT2D eigenvalue weighted by molar-refractivity contribution is 0.598. The Morgan fingerprint density at radius 3 is 2.54 bits per heavy atom. The van der Waals surface area contributed by atoms with Gasteiger partial charge in [0.15, 0.2) is 0 Å². The van der Waals surface area contributed by atoms with Gasteiger partial charge < -0.3 is 4.98 Å². The van der Waals surface area contributed by atoms with Crippen LogP contribution in [0.4, 0.5) is 14.5 Å². The molecule has 8 heteroatoms. The van der Waals surface area contributed by atoms with Crippen molar-refractivity contribution in [1.29, 1.82) is 5.26 Å². The molecule has 132 valence electrons. The molecule has 0 aliphatic heterocycles. The van der Waals surface area contributed by atoms with Crippen LogP contribution in [-0.4, -0.2) is 13.4 Å². The second kappa shape index (κ2) is 6.98. The minimum absolute atomic E-state index is 0.0216. The molecule has 0 atom stereocenters. The maximum Gasteiger partial charge on any atom is 0.263 e. The molecule has 5 nitrogen and oxygen atoms in total. The summed E-state index contributed by atoms with van der Waals surface area (Å²) in [7, 11) is -4.07. The summed E-state index contributed by atoms with van der Waals surface area (Å²) < 4.78 is 54.9. The molecule has 0 radical (unpaired) electrons. The first-order valence-electron chi connectivity index (χ1n) is 7.52. The standard InChI is InChI=1S/C18H13F2N3O2S/c19-15-4-2-1-3-14(15)18-10-13(11-22-18)26(24,25)23-17-6-5-12(7-8-21)9-16(17)20/h1-6,9-11,22-23H,7H2. The van der Waals surface area contributed by atoms with Gasteiger partial charge >= 0.3 is 0 Å². The summed E-state index contributed by atoms with van der Waals surface area (Å²) in [6.07, 6.45) is 1.22. The van der Waals surface area contributed by atoms with E-state index < -0.39 is 21.7 Å². The van der Waals surface area contributed by atoms with E-state index in [1.54, 1.807) is 6.07 Å². The number of aromatic amines is 1. The number of hydrogen-bond donors (Lipinski definition) is 2. The molecule has 0 spiro atoms. The van der Waals surface area contributed by atoms with Crippen LogP contribution in [0.2, 0.25) is 0 Å². The third kappa shape index (κ3) is 3.58. The minimum atomic E-state index is -4.07. The van der Waals surface area contributed by atoms with E-state index in [1.807, 2.05) is 6.07 Å². The zero-order chi connectivity index (χ0) is 18.7. The number of hydrogen-bond acceptors (Lipinski definition) is 3. The van der Waals surface area contributed by atoms with Gasteiger partial charge in [0.1, 0.15) is 16.5 Å². The highest BCUT2D eigenvalue weighted by atomic mass is 32.2. The van der Waals surface area contributed by atoms with Gasteiger partial charge in [-0.3, -0.25) is 4.72 Å². The molecule has 0 bridgehead atoms. The number of nitrogens with one attached hydrogen (secondary N) is 2. The van der Waals surface area contributed by atoms with Gasteiger partial charge in [0.05, 0.1) is 18.2 Å². The van der Waals surface area contributed by atoms with E-state index in [-0.39, 0.29) is 28.3 Å². The fourth-order valence-corrected chi connectivity index (χ4v) is 3.47. The van der Waals surface area contributed by atoms with Gasteiger partial charge in [-0.15, -0.1) is 0 Å². The highest BCUT2D eigenvalue weighted by Gasteiger charge is 2.19. The second-order valence-corrected chi connectivity index (χ2v) is 7.17. The van der Waals surface area contributed by atoms with Crippen molar-refractivity contribution in [3.63, 3.8) is 0 Å². The van der Waals surface area contributed by atoms with E-state index in [4.69, 9.17) is 5.26 Å². The fourth-order valence-electron chi connectivity index (χ4n) is 2.41. The van der Waals surface area contributed by atoms with Gasteiger partial charge in [-0.25, -0.2) is 17.2 Å². The van der Waals surface area contributed by atoms with Gasteiger partial charge in [0, 0.05) is 17.5 Å². The monoisotopic (exact) mass is 373 g/mol. The first-order valence-corrected chi connectivity index (χ1v) is 9.00. The largest absolute Gasteiger partial charge is 0.360 e. The van der Waals surface area contributed by atoms with Crippen molar-refractivity contribution in [1.82, 2.24) is 4.98 Å². The van der Waals surface area contributed by atoms with Crippen LogP contribution >= 0.6 is 0 Å². The molecule has 2 N–H and O–H groups in total. The molecule has 0 amide bonds. The summed E-state index contributed by atoms with van der Waals surface area (Å²) in [6, 6.07) is 12.9. The summed E-state index contributed by atoms with van der Waals surface area (Å²) in [4.78, 5) is 2.55. The number of sulfonamides is 1. The zero-order valence-corrected chi connectivity index (χ0v) is 14.1. The molecule has 26 heavy (non-hydrogen) atoms. The third-order valence-electron chi connectivity index (χ3n) is 3.69. The summed E-state index contributed by atoms with van der Waals surface area (Å²) >= 11 is 0. The number of H-pyrrole nitrogens is 1. The van der Waals surface area contributed by atoms with Crippen LogP contribution in [0.3, 0.4) is 0 Å². The van der Waals surface area contributed by atoms with Crippen molar-refractivity contribution in [2.45, 2.75) is 11.3 Å². The van der Waals surface area contributed by atoms with E-state index >= 15 is 0 Å². The predicted molar refractivity (Wildman–Crippen MR) is 92.7 cm³/mol. The number of anilines is 1. The van der Waals surface area contributed by atoms with E-state index in [0.29, 0.717) is 5.56 Å². The third-order valence-corrected chi connectivity index (χ3v) is 5.04. The van der Waals surface area contributed by atoms with Crippen LogP contribution in [-0.2, 0) is 16.4 Å². The molecular weight excluding hydrogens is 360 g/mol. The molecule has 1 aromatic heterocycles. The van der Waals surface area contributed by atoms with Gasteiger partial charge in [-0.05, 0) is 35.9 Å². The van der Waals surface area contributed by atoms with Gasteiger partial charge in [-0.1, -0.05) is 18.2 Å². The van der Waals surface area contributed by atoms with Crippen molar-refractivity contribution in [3.05, 3.63) is 71.9 Å². The van der Waals surface area contributed by atoms with E-state index in [2.05, 4.69) is 9.71 Å². The minimum Gasteiger partial charge on any atom is -0.360 e. The molecule has 0 saturated heterocycles. The first kappa shape index (κ1) is 17.6. The van der Waals surface area contributed by atoms with Crippen molar-refractivity contribution >= 4 is 15.7 Å². The predicted octanol–water partition coefficient (Wildman–Crippen LogP) is 3.83. The highest BCUT2D eigenvalue weighted by molar-refractivity contribution is 7.92. The Hall–Kier alpha value is -3.18. The smallest absolute Gasteiger partial charge is 0.263 e. The molecule has 0 saturated carbocycles. The first-order chi connectivity index (χ1) is 12.4. The highest BCUT2D eigenvalue weighted by Crippen LogP contribution is 2.26. The molecule has 3 aromatic rings. The van der Waals surface area contributed by atoms with Crippen LogP contribution in [0.5, 0.6) is 0 Å². The van der Waals surface area contributed by atoms with Crippen LogP contribution < -0.4 is 4.72 Å². The SMILES string of the molecule is N#CCc1ccc(NS(=O)(=O)c2c[nH]c(-c3ccccc3F)c2)c(F)c1. The van der Waals surface area contributed by atoms with Crippen LogP contribution in [0.15, 0.2) is 59.6 Å². The zero-order valence-electron chi connectivity index (χ0n) is 13.3. The lowest BCUT2D eigenvalue weighted by atomic mass is 10.1. The Kier molecular flexibility index (Phi) is 4.73. The number of rotatable bonds is 5. The van der Waals surface area contributed by atoms with E-state index in [1.165, 1.54) is 42.6 Å².